The Hall–Kier alpha value is -4.78. The molecule has 0 radical (unpaired) electrons. The summed E-state index contributed by atoms with van der Waals surface area (Å²) in [4.78, 5) is 69.5. The number of nitrogens with zero attached hydrogens (tertiary/aromatic N) is 2. The van der Waals surface area contributed by atoms with Gasteiger partial charge in [0.05, 0.1) is 35.6 Å². The molecule has 2 aromatic heterocycles. The van der Waals surface area contributed by atoms with Crippen LogP contribution in [0.4, 0.5) is 10.5 Å². The van der Waals surface area contributed by atoms with Crippen molar-refractivity contribution < 1.29 is 33.8 Å². The Kier molecular flexibility index (Phi) is 8.29. The maximum atomic E-state index is 13.7. The first-order valence-corrected chi connectivity index (χ1v) is 16.1. The third-order valence-corrected chi connectivity index (χ3v) is 9.44. The summed E-state index contributed by atoms with van der Waals surface area (Å²) < 4.78 is 11.7. The summed E-state index contributed by atoms with van der Waals surface area (Å²) in [6, 6.07) is 3.54. The fourth-order valence-electron chi connectivity index (χ4n) is 6.88. The summed E-state index contributed by atoms with van der Waals surface area (Å²) in [7, 11) is 0. The second-order valence-electron chi connectivity index (χ2n) is 12.7. The van der Waals surface area contributed by atoms with Gasteiger partial charge in [-0.25, -0.2) is 14.6 Å². The Bertz CT molecular complexity index is 1900. The van der Waals surface area contributed by atoms with Crippen LogP contribution in [0.2, 0.25) is 0 Å². The van der Waals surface area contributed by atoms with Gasteiger partial charge in [-0.15, -0.1) is 0 Å². The number of aromatic nitrogens is 2. The Labute approximate surface area is 271 Å². The van der Waals surface area contributed by atoms with Crippen LogP contribution >= 0.6 is 0 Å². The molecule has 3 aliphatic rings. The van der Waals surface area contributed by atoms with Crippen molar-refractivity contribution in [2.24, 2.45) is 5.92 Å². The standard InChI is InChI=1S/C34H39N5O8/c1-6-34(45)22-13-25-28-20(14-39(25)31(42)21(22)15-47-32(34)43)18-9-8-10-19-23(11-12-24(36-28)26(18)19)37-29(40)17(5)35-30(41)27(16(3)4)38-33(44)46-7-2/h11-13,16-17,27,45H,6-10,14-15H2,1-5H3,(H,35,41)(H,37,40)(H,38,44)/t17-,27-,34-/m0/s1. The number of hydrogen-bond acceptors (Lipinski definition) is 9. The lowest BCUT2D eigenvalue weighted by Crippen LogP contribution is -2.53. The van der Waals surface area contributed by atoms with Gasteiger partial charge in [0.1, 0.15) is 18.7 Å². The highest BCUT2D eigenvalue weighted by atomic mass is 16.6. The number of nitrogens with one attached hydrogen (secondary N) is 3. The Morgan fingerprint density at radius 2 is 1.79 bits per heavy atom. The van der Waals surface area contributed by atoms with E-state index in [-0.39, 0.29) is 42.2 Å². The van der Waals surface area contributed by atoms with Crippen molar-refractivity contribution in [2.75, 3.05) is 11.9 Å². The molecule has 4 N–H and O–H groups in total. The molecule has 13 nitrogen and oxygen atoms in total. The molecule has 248 valence electrons. The minimum absolute atomic E-state index is 0.0634. The minimum atomic E-state index is -1.90. The normalized spacial score (nSPS) is 18.8. The second kappa shape index (κ2) is 12.1. The van der Waals surface area contributed by atoms with Gasteiger partial charge in [0.15, 0.2) is 5.60 Å². The fraction of sp³-hybridized carbons (Fsp3) is 0.471. The van der Waals surface area contributed by atoms with Gasteiger partial charge in [-0.2, -0.15) is 0 Å². The predicted octanol–water partition coefficient (Wildman–Crippen LogP) is 2.78. The lowest BCUT2D eigenvalue weighted by molar-refractivity contribution is -0.172. The zero-order valence-electron chi connectivity index (χ0n) is 27.1. The van der Waals surface area contributed by atoms with Crippen molar-refractivity contribution in [2.45, 2.75) is 91.1 Å². The first kappa shape index (κ1) is 32.2. The molecule has 0 spiro atoms. The van der Waals surface area contributed by atoms with Crippen LogP contribution in [0.25, 0.3) is 22.3 Å². The third kappa shape index (κ3) is 5.32. The molecule has 1 aromatic carbocycles. The number of aliphatic hydroxyl groups is 1. The highest BCUT2D eigenvalue weighted by molar-refractivity contribution is 6.02. The van der Waals surface area contributed by atoms with E-state index in [1.54, 1.807) is 51.3 Å². The first-order chi connectivity index (χ1) is 22.4. The fourth-order valence-corrected chi connectivity index (χ4v) is 6.88. The van der Waals surface area contributed by atoms with Gasteiger partial charge in [-0.1, -0.05) is 20.8 Å². The average Bonchev–Trinajstić information content (AvgIpc) is 3.42. The molecule has 0 saturated carbocycles. The Morgan fingerprint density at radius 3 is 2.49 bits per heavy atom. The number of anilines is 1. The zero-order valence-corrected chi connectivity index (χ0v) is 27.1. The highest BCUT2D eigenvalue weighted by Gasteiger charge is 2.45. The number of carbonyl (C=O) groups excluding carboxylic acids is 4. The molecule has 4 heterocycles. The SMILES string of the molecule is CCOC(=O)N[C@H](C(=O)N[C@@H](C)C(=O)Nc1ccc2nc3c(c4c2c1CCC4)Cn1c-3cc2c(c1=O)COC(=O)[C@]2(O)CC)C(C)C. The Morgan fingerprint density at radius 1 is 1.04 bits per heavy atom. The van der Waals surface area contributed by atoms with E-state index in [2.05, 4.69) is 16.0 Å². The molecule has 0 bridgehead atoms. The summed E-state index contributed by atoms with van der Waals surface area (Å²) in [5.41, 5.74) is 3.72. The van der Waals surface area contributed by atoms with E-state index in [0.29, 0.717) is 35.6 Å². The van der Waals surface area contributed by atoms with Crippen molar-refractivity contribution in [3.63, 3.8) is 0 Å². The molecule has 1 aliphatic carbocycles. The molecule has 13 heteroatoms. The van der Waals surface area contributed by atoms with E-state index in [1.165, 1.54) is 0 Å². The minimum Gasteiger partial charge on any atom is -0.458 e. The molecule has 3 aromatic rings. The lowest BCUT2D eigenvalue weighted by Gasteiger charge is -2.31. The molecule has 2 aliphatic heterocycles. The first-order valence-electron chi connectivity index (χ1n) is 16.1. The monoisotopic (exact) mass is 645 g/mol. The smallest absolute Gasteiger partial charge is 0.407 e. The van der Waals surface area contributed by atoms with Gasteiger partial charge in [-0.3, -0.25) is 14.4 Å². The number of pyridine rings is 2. The summed E-state index contributed by atoms with van der Waals surface area (Å²) in [6.45, 7) is 8.75. The highest BCUT2D eigenvalue weighted by Crippen LogP contribution is 2.43. The van der Waals surface area contributed by atoms with E-state index in [4.69, 9.17) is 14.5 Å². The van der Waals surface area contributed by atoms with Gasteiger partial charge in [0.2, 0.25) is 11.8 Å². The molecule has 0 unspecified atom stereocenters. The van der Waals surface area contributed by atoms with Crippen LogP contribution in [0.5, 0.6) is 0 Å². The molecule has 47 heavy (non-hydrogen) atoms. The van der Waals surface area contributed by atoms with Crippen molar-refractivity contribution in [3.05, 3.63) is 56.4 Å². The van der Waals surface area contributed by atoms with Crippen LogP contribution in [0, 0.1) is 5.92 Å². The molecule has 6 rings (SSSR count). The van der Waals surface area contributed by atoms with Crippen LogP contribution in [-0.4, -0.2) is 57.2 Å². The average molecular weight is 646 g/mol. The maximum Gasteiger partial charge on any atom is 0.407 e. The van der Waals surface area contributed by atoms with E-state index >= 15 is 0 Å². The lowest BCUT2D eigenvalue weighted by atomic mass is 9.85. The molecule has 0 saturated heterocycles. The van der Waals surface area contributed by atoms with Gasteiger partial charge in [0, 0.05) is 22.2 Å². The van der Waals surface area contributed by atoms with Gasteiger partial charge in [0.25, 0.3) is 5.56 Å². The molecule has 3 atom stereocenters. The number of ether oxygens (including phenoxy) is 2. The summed E-state index contributed by atoms with van der Waals surface area (Å²) >= 11 is 0. The topological polar surface area (TPSA) is 178 Å². The van der Waals surface area contributed by atoms with Crippen molar-refractivity contribution in [1.29, 1.82) is 0 Å². The number of carbonyl (C=O) groups is 4. The summed E-state index contributed by atoms with van der Waals surface area (Å²) in [5, 5.41) is 20.4. The number of alkyl carbamates (subject to hydrolysis) is 1. The molecular weight excluding hydrogens is 606 g/mol. The third-order valence-electron chi connectivity index (χ3n) is 9.44. The number of hydrogen-bond donors (Lipinski definition) is 4. The van der Waals surface area contributed by atoms with Crippen molar-refractivity contribution in [1.82, 2.24) is 20.2 Å². The number of fused-ring (bicyclic) bond motifs is 5. The summed E-state index contributed by atoms with van der Waals surface area (Å²) in [5.74, 6) is -1.92. The van der Waals surface area contributed by atoms with Crippen LogP contribution in [0.3, 0.4) is 0 Å². The molecule has 3 amide bonds. The predicted molar refractivity (Wildman–Crippen MR) is 172 cm³/mol. The van der Waals surface area contributed by atoms with Gasteiger partial charge < -0.3 is 35.1 Å². The Balaban J connectivity index is 1.30. The number of amides is 3. The maximum absolute atomic E-state index is 13.7. The quantitative estimate of drug-likeness (QED) is 0.210. The number of rotatable bonds is 8. The van der Waals surface area contributed by atoms with Gasteiger partial charge in [-0.05, 0) is 74.8 Å². The van der Waals surface area contributed by atoms with Crippen LogP contribution in [-0.2, 0) is 55.5 Å². The van der Waals surface area contributed by atoms with Crippen LogP contribution in [0.1, 0.15) is 75.3 Å². The van der Waals surface area contributed by atoms with Crippen LogP contribution < -0.4 is 21.5 Å². The molecule has 0 fully saturated rings. The van der Waals surface area contributed by atoms with E-state index in [9.17, 15) is 29.1 Å². The molecular formula is C34H39N5O8. The number of cyclic esters (lactones) is 1. The van der Waals surface area contributed by atoms with E-state index in [1.807, 2.05) is 6.07 Å². The zero-order chi connectivity index (χ0) is 33.8. The van der Waals surface area contributed by atoms with Gasteiger partial charge >= 0.3 is 12.1 Å². The number of esters is 1. The summed E-state index contributed by atoms with van der Waals surface area (Å²) in [6.07, 6.45) is 1.62. The van der Waals surface area contributed by atoms with E-state index < -0.39 is 41.6 Å². The number of aryl methyl sites for hydroxylation is 2. The van der Waals surface area contributed by atoms with Crippen LogP contribution in [0.15, 0.2) is 23.0 Å². The van der Waals surface area contributed by atoms with Crippen molar-refractivity contribution in [3.8, 4) is 11.4 Å². The van der Waals surface area contributed by atoms with E-state index in [0.717, 1.165) is 34.9 Å². The second-order valence-corrected chi connectivity index (χ2v) is 12.7. The van der Waals surface area contributed by atoms with Crippen molar-refractivity contribution >= 4 is 40.5 Å². The number of benzene rings is 1. The largest absolute Gasteiger partial charge is 0.458 e.